The number of ether oxygens (including phenoxy) is 3. The molecule has 0 spiro atoms. The summed E-state index contributed by atoms with van der Waals surface area (Å²) in [5.41, 5.74) is 0.664. The summed E-state index contributed by atoms with van der Waals surface area (Å²) >= 11 is 0. The lowest BCUT2D eigenvalue weighted by atomic mass is 10.0. The molecule has 0 bridgehead atoms. The number of carbonyl (C=O) groups excluding carboxylic acids is 1. The van der Waals surface area contributed by atoms with Gasteiger partial charge in [-0.05, 0) is 37.8 Å². The third kappa shape index (κ3) is 3.67. The molecule has 0 radical (unpaired) electrons. The third-order valence-corrected chi connectivity index (χ3v) is 4.79. The molecular weight excluding hydrogens is 334 g/mol. The average Bonchev–Trinajstić information content (AvgIpc) is 3.08. The maximum Gasteiger partial charge on any atom is 0.269 e. The van der Waals surface area contributed by atoms with Crippen LogP contribution < -0.4 is 14.8 Å². The van der Waals surface area contributed by atoms with Crippen molar-refractivity contribution in [3.63, 3.8) is 0 Å². The molecule has 1 saturated heterocycles. The number of hydrogen-bond donors (Lipinski definition) is 1. The van der Waals surface area contributed by atoms with Gasteiger partial charge in [0, 0.05) is 26.0 Å². The van der Waals surface area contributed by atoms with Gasteiger partial charge in [0.1, 0.15) is 6.10 Å². The molecule has 138 valence electrons. The van der Waals surface area contributed by atoms with Crippen LogP contribution in [0.25, 0.3) is 0 Å². The number of aromatic nitrogens is 2. The lowest BCUT2D eigenvalue weighted by molar-refractivity contribution is -0.128. The molecule has 2 unspecified atom stereocenters. The van der Waals surface area contributed by atoms with Gasteiger partial charge in [-0.15, -0.1) is 0 Å². The van der Waals surface area contributed by atoms with Crippen LogP contribution in [0.4, 0.5) is 5.69 Å². The van der Waals surface area contributed by atoms with Gasteiger partial charge in [-0.1, -0.05) is 12.1 Å². The Morgan fingerprint density at radius 3 is 2.73 bits per heavy atom. The minimum absolute atomic E-state index is 0.238. The summed E-state index contributed by atoms with van der Waals surface area (Å²) < 4.78 is 18.9. The fraction of sp³-hybridized carbons (Fsp3) is 0.474. The quantitative estimate of drug-likeness (QED) is 0.910. The summed E-state index contributed by atoms with van der Waals surface area (Å²) in [7, 11) is 0. The molecule has 2 aliphatic heterocycles. The second-order valence-corrected chi connectivity index (χ2v) is 6.80. The highest BCUT2D eigenvalue weighted by molar-refractivity contribution is 5.94. The van der Waals surface area contributed by atoms with Crippen molar-refractivity contribution in [3.05, 3.63) is 36.7 Å². The Labute approximate surface area is 152 Å². The summed E-state index contributed by atoms with van der Waals surface area (Å²) in [6.45, 7) is 4.29. The van der Waals surface area contributed by atoms with E-state index in [-0.39, 0.29) is 12.0 Å². The molecule has 2 aromatic rings. The van der Waals surface area contributed by atoms with Crippen LogP contribution in [0.2, 0.25) is 0 Å². The highest BCUT2D eigenvalue weighted by Crippen LogP contribution is 2.33. The molecule has 1 aromatic heterocycles. The van der Waals surface area contributed by atoms with Crippen molar-refractivity contribution in [2.45, 2.75) is 38.5 Å². The van der Waals surface area contributed by atoms with E-state index >= 15 is 0 Å². The standard InChI is InChI=1S/C19H23N3O4/c1-13-18(26-17-5-3-2-4-16(17)25-13)19(23)21-15-10-20-22(12-15)11-14-6-8-24-9-7-14/h2-5,10,12-14,18H,6-9,11H2,1H3,(H,21,23). The molecular formula is C19H23N3O4. The van der Waals surface area contributed by atoms with Crippen molar-refractivity contribution < 1.29 is 19.0 Å². The van der Waals surface area contributed by atoms with Gasteiger partial charge in [0.25, 0.3) is 5.91 Å². The van der Waals surface area contributed by atoms with Gasteiger partial charge in [0.05, 0.1) is 11.9 Å². The van der Waals surface area contributed by atoms with E-state index < -0.39 is 6.10 Å². The van der Waals surface area contributed by atoms with Gasteiger partial charge >= 0.3 is 0 Å². The van der Waals surface area contributed by atoms with Crippen molar-refractivity contribution in [1.82, 2.24) is 9.78 Å². The summed E-state index contributed by atoms with van der Waals surface area (Å²) in [6.07, 6.45) is 4.54. The molecule has 1 N–H and O–H groups in total. The SMILES string of the molecule is CC1Oc2ccccc2OC1C(=O)Nc1cnn(CC2CCOCC2)c1. The predicted molar refractivity (Wildman–Crippen MR) is 95.3 cm³/mol. The van der Waals surface area contributed by atoms with Gasteiger partial charge in [-0.2, -0.15) is 5.10 Å². The number of amides is 1. The zero-order valence-corrected chi connectivity index (χ0v) is 14.8. The van der Waals surface area contributed by atoms with Gasteiger partial charge in [-0.3, -0.25) is 9.48 Å². The Hall–Kier alpha value is -2.54. The maximum absolute atomic E-state index is 12.6. The van der Waals surface area contributed by atoms with E-state index in [1.807, 2.05) is 36.0 Å². The molecule has 1 aromatic carbocycles. The molecule has 0 aliphatic carbocycles. The number of benzene rings is 1. The number of nitrogens with one attached hydrogen (secondary N) is 1. The first-order valence-electron chi connectivity index (χ1n) is 9.02. The van der Waals surface area contributed by atoms with Crippen LogP contribution in [0.3, 0.4) is 0 Å². The minimum Gasteiger partial charge on any atom is -0.482 e. The van der Waals surface area contributed by atoms with E-state index in [4.69, 9.17) is 14.2 Å². The van der Waals surface area contributed by atoms with E-state index in [0.29, 0.717) is 23.1 Å². The smallest absolute Gasteiger partial charge is 0.269 e. The Bertz CT molecular complexity index is 770. The number of para-hydroxylation sites is 2. The highest BCUT2D eigenvalue weighted by atomic mass is 16.6. The number of anilines is 1. The molecule has 26 heavy (non-hydrogen) atoms. The van der Waals surface area contributed by atoms with Crippen LogP contribution in [0.15, 0.2) is 36.7 Å². The van der Waals surface area contributed by atoms with Crippen LogP contribution in [-0.2, 0) is 16.1 Å². The highest BCUT2D eigenvalue weighted by Gasteiger charge is 2.34. The molecule has 1 amide bonds. The Kier molecular flexibility index (Phi) is 4.79. The van der Waals surface area contributed by atoms with Gasteiger partial charge in [-0.25, -0.2) is 0 Å². The average molecular weight is 357 g/mol. The number of rotatable bonds is 4. The monoisotopic (exact) mass is 357 g/mol. The van der Waals surface area contributed by atoms with Gasteiger partial charge < -0.3 is 19.5 Å². The first-order valence-corrected chi connectivity index (χ1v) is 9.02. The molecule has 0 saturated carbocycles. The van der Waals surface area contributed by atoms with E-state index in [9.17, 15) is 4.79 Å². The molecule has 2 aliphatic rings. The topological polar surface area (TPSA) is 74.6 Å². The molecule has 7 heteroatoms. The van der Waals surface area contributed by atoms with Crippen molar-refractivity contribution in [1.29, 1.82) is 0 Å². The number of carbonyl (C=O) groups is 1. The van der Waals surface area contributed by atoms with E-state index in [1.54, 1.807) is 12.3 Å². The van der Waals surface area contributed by atoms with Crippen LogP contribution in [0.5, 0.6) is 11.5 Å². The molecule has 2 atom stereocenters. The van der Waals surface area contributed by atoms with Gasteiger partial charge in [0.15, 0.2) is 11.5 Å². The largest absolute Gasteiger partial charge is 0.482 e. The van der Waals surface area contributed by atoms with Crippen molar-refractivity contribution in [2.24, 2.45) is 5.92 Å². The van der Waals surface area contributed by atoms with Crippen molar-refractivity contribution >= 4 is 11.6 Å². The summed E-state index contributed by atoms with van der Waals surface area (Å²) in [6, 6.07) is 7.36. The maximum atomic E-state index is 12.6. The minimum atomic E-state index is -0.705. The lowest BCUT2D eigenvalue weighted by Crippen LogP contribution is -2.46. The fourth-order valence-electron chi connectivity index (χ4n) is 3.34. The van der Waals surface area contributed by atoms with E-state index in [2.05, 4.69) is 10.4 Å². The fourth-order valence-corrected chi connectivity index (χ4v) is 3.34. The third-order valence-electron chi connectivity index (χ3n) is 4.79. The first-order chi connectivity index (χ1) is 12.7. The van der Waals surface area contributed by atoms with Crippen molar-refractivity contribution in [3.8, 4) is 11.5 Å². The van der Waals surface area contributed by atoms with E-state index in [0.717, 1.165) is 32.6 Å². The Morgan fingerprint density at radius 1 is 1.23 bits per heavy atom. The number of nitrogens with zero attached hydrogens (tertiary/aromatic N) is 2. The molecule has 7 nitrogen and oxygen atoms in total. The lowest BCUT2D eigenvalue weighted by Gasteiger charge is -2.30. The van der Waals surface area contributed by atoms with Crippen molar-refractivity contribution in [2.75, 3.05) is 18.5 Å². The Morgan fingerprint density at radius 2 is 1.96 bits per heavy atom. The number of fused-ring (bicyclic) bond motifs is 1. The van der Waals surface area contributed by atoms with Crippen LogP contribution in [-0.4, -0.2) is 41.1 Å². The van der Waals surface area contributed by atoms with Crippen LogP contribution in [0, 0.1) is 5.92 Å². The summed E-state index contributed by atoms with van der Waals surface area (Å²) in [4.78, 5) is 12.6. The van der Waals surface area contributed by atoms with E-state index in [1.165, 1.54) is 0 Å². The molecule has 3 heterocycles. The normalized spacial score (nSPS) is 22.8. The molecule has 1 fully saturated rings. The summed E-state index contributed by atoms with van der Waals surface area (Å²) in [5.74, 6) is 1.57. The first kappa shape index (κ1) is 16.9. The zero-order valence-electron chi connectivity index (χ0n) is 14.8. The second kappa shape index (κ2) is 7.37. The zero-order chi connectivity index (χ0) is 17.9. The predicted octanol–water partition coefficient (Wildman–Crippen LogP) is 2.48. The van der Waals surface area contributed by atoms with Gasteiger partial charge in [0.2, 0.25) is 6.10 Å². The Balaban J connectivity index is 1.37. The number of hydrogen-bond acceptors (Lipinski definition) is 5. The van der Waals surface area contributed by atoms with Crippen LogP contribution in [0.1, 0.15) is 19.8 Å². The summed E-state index contributed by atoms with van der Waals surface area (Å²) in [5, 5.41) is 7.23. The molecule has 4 rings (SSSR count). The van der Waals surface area contributed by atoms with Crippen LogP contribution >= 0.6 is 0 Å². The second-order valence-electron chi connectivity index (χ2n) is 6.80.